The molecule has 0 unspecified atom stereocenters. The molecular formula is C27H31ClFN3O3S. The number of piperidine rings is 1. The highest BCUT2D eigenvalue weighted by Crippen LogP contribution is 2.33. The van der Waals surface area contributed by atoms with E-state index in [0.717, 1.165) is 73.3 Å². The van der Waals surface area contributed by atoms with Crippen LogP contribution in [0.4, 0.5) is 4.39 Å². The highest BCUT2D eigenvalue weighted by molar-refractivity contribution is 7.99. The van der Waals surface area contributed by atoms with Crippen molar-refractivity contribution in [1.29, 1.82) is 0 Å². The van der Waals surface area contributed by atoms with Crippen molar-refractivity contribution in [2.24, 2.45) is 11.8 Å². The molecule has 4 rings (SSSR count). The van der Waals surface area contributed by atoms with E-state index in [1.165, 1.54) is 17.8 Å². The molecule has 1 aromatic carbocycles. The standard InChI is InChI=1S/C27H31ClFN3O3S/c1-35-20-7-8-25-22(15-20)21(23(28)16-31-25)5-2-4-18-9-11-32(17-19(18)14-26(33)34)12-13-36-27-24(29)6-3-10-30-27/h3,6-8,10,15-16,18-19H,2,4-5,9,11-14,17H2,1H3,(H,33,34)/t18-,19-/m1/s1. The van der Waals surface area contributed by atoms with E-state index in [4.69, 9.17) is 16.3 Å². The van der Waals surface area contributed by atoms with Gasteiger partial charge in [-0.15, -0.1) is 11.8 Å². The number of aryl methyl sites for hydroxylation is 1. The Balaban J connectivity index is 1.34. The summed E-state index contributed by atoms with van der Waals surface area (Å²) in [4.78, 5) is 22.4. The molecule has 1 fully saturated rings. The van der Waals surface area contributed by atoms with Crippen LogP contribution in [0.15, 0.2) is 47.8 Å². The first-order valence-electron chi connectivity index (χ1n) is 12.2. The minimum atomic E-state index is -0.757. The molecule has 0 aliphatic carbocycles. The van der Waals surface area contributed by atoms with Crippen molar-refractivity contribution in [2.45, 2.75) is 37.1 Å². The number of benzene rings is 1. The van der Waals surface area contributed by atoms with Crippen LogP contribution in [0.1, 0.15) is 31.2 Å². The van der Waals surface area contributed by atoms with Crippen molar-refractivity contribution in [1.82, 2.24) is 14.9 Å². The molecule has 3 heterocycles. The maximum absolute atomic E-state index is 13.8. The molecule has 3 aromatic rings. The van der Waals surface area contributed by atoms with Gasteiger partial charge in [0.1, 0.15) is 10.8 Å². The minimum Gasteiger partial charge on any atom is -0.497 e. The summed E-state index contributed by atoms with van der Waals surface area (Å²) in [5.74, 6) is 0.871. The van der Waals surface area contributed by atoms with Gasteiger partial charge in [-0.3, -0.25) is 9.78 Å². The lowest BCUT2D eigenvalue weighted by Gasteiger charge is -2.38. The van der Waals surface area contributed by atoms with Gasteiger partial charge in [0, 0.05) is 43.0 Å². The van der Waals surface area contributed by atoms with Gasteiger partial charge < -0.3 is 14.7 Å². The number of methoxy groups -OCH3 is 1. The smallest absolute Gasteiger partial charge is 0.303 e. The fourth-order valence-corrected chi connectivity index (χ4v) is 6.20. The number of hydrogen-bond donors (Lipinski definition) is 1. The monoisotopic (exact) mass is 531 g/mol. The molecule has 0 amide bonds. The summed E-state index contributed by atoms with van der Waals surface area (Å²) < 4.78 is 19.2. The molecule has 2 atom stereocenters. The van der Waals surface area contributed by atoms with Crippen LogP contribution in [0.3, 0.4) is 0 Å². The van der Waals surface area contributed by atoms with Gasteiger partial charge in [-0.05, 0) is 80.0 Å². The maximum atomic E-state index is 13.8. The molecule has 2 aromatic heterocycles. The van der Waals surface area contributed by atoms with Crippen molar-refractivity contribution < 1.29 is 19.0 Å². The third-order valence-electron chi connectivity index (χ3n) is 6.92. The van der Waals surface area contributed by atoms with Crippen LogP contribution in [0.5, 0.6) is 5.75 Å². The van der Waals surface area contributed by atoms with Crippen molar-refractivity contribution in [3.8, 4) is 5.75 Å². The first-order chi connectivity index (χ1) is 17.4. The molecule has 0 spiro atoms. The van der Waals surface area contributed by atoms with Gasteiger partial charge in [0.25, 0.3) is 0 Å². The van der Waals surface area contributed by atoms with Crippen LogP contribution in [0.2, 0.25) is 5.02 Å². The van der Waals surface area contributed by atoms with Crippen molar-refractivity contribution in [3.05, 3.63) is 59.1 Å². The molecule has 0 bridgehead atoms. The van der Waals surface area contributed by atoms with Crippen molar-refractivity contribution >= 4 is 40.2 Å². The quantitative estimate of drug-likeness (QED) is 0.306. The van der Waals surface area contributed by atoms with Crippen LogP contribution in [0.25, 0.3) is 10.9 Å². The Bertz CT molecular complexity index is 1200. The van der Waals surface area contributed by atoms with Crippen LogP contribution in [-0.2, 0) is 11.2 Å². The number of ether oxygens (including phenoxy) is 1. The van der Waals surface area contributed by atoms with Crippen molar-refractivity contribution in [2.75, 3.05) is 32.5 Å². The number of halogens is 2. The van der Waals surface area contributed by atoms with E-state index in [2.05, 4.69) is 14.9 Å². The number of rotatable bonds is 11. The van der Waals surface area contributed by atoms with Crippen LogP contribution in [0, 0.1) is 17.7 Å². The van der Waals surface area contributed by atoms with E-state index in [-0.39, 0.29) is 18.2 Å². The Morgan fingerprint density at radius 3 is 2.94 bits per heavy atom. The van der Waals surface area contributed by atoms with Gasteiger partial charge in [0.15, 0.2) is 5.82 Å². The zero-order valence-corrected chi connectivity index (χ0v) is 21.9. The summed E-state index contributed by atoms with van der Waals surface area (Å²) in [6.07, 6.45) is 7.09. The zero-order chi connectivity index (χ0) is 25.5. The fraction of sp³-hybridized carbons (Fsp3) is 0.444. The van der Waals surface area contributed by atoms with Crippen molar-refractivity contribution in [3.63, 3.8) is 0 Å². The van der Waals surface area contributed by atoms with Gasteiger partial charge in [0.2, 0.25) is 0 Å². The molecule has 0 saturated carbocycles. The third-order valence-corrected chi connectivity index (χ3v) is 8.21. The lowest BCUT2D eigenvalue weighted by molar-refractivity contribution is -0.139. The average Bonchev–Trinajstić information content (AvgIpc) is 2.87. The second-order valence-electron chi connectivity index (χ2n) is 9.21. The van der Waals surface area contributed by atoms with E-state index in [1.54, 1.807) is 25.6 Å². The second kappa shape index (κ2) is 12.7. The summed E-state index contributed by atoms with van der Waals surface area (Å²) in [7, 11) is 1.64. The number of likely N-dealkylation sites (tertiary alicyclic amines) is 1. The maximum Gasteiger partial charge on any atom is 0.303 e. The molecule has 1 aliphatic rings. The lowest BCUT2D eigenvalue weighted by atomic mass is 9.80. The van der Waals surface area contributed by atoms with Crippen LogP contribution < -0.4 is 4.74 Å². The number of carbonyl (C=O) groups is 1. The number of carboxylic acids is 1. The molecule has 36 heavy (non-hydrogen) atoms. The van der Waals surface area contributed by atoms with Crippen LogP contribution in [-0.4, -0.2) is 58.4 Å². The summed E-state index contributed by atoms with van der Waals surface area (Å²) in [6, 6.07) is 8.81. The Morgan fingerprint density at radius 2 is 2.17 bits per heavy atom. The summed E-state index contributed by atoms with van der Waals surface area (Å²) >= 11 is 7.92. The molecule has 1 saturated heterocycles. The summed E-state index contributed by atoms with van der Waals surface area (Å²) in [6.45, 7) is 2.45. The number of nitrogens with zero attached hydrogens (tertiary/aromatic N) is 3. The first-order valence-corrected chi connectivity index (χ1v) is 13.6. The number of pyridine rings is 2. The van der Waals surface area contributed by atoms with Crippen LogP contribution >= 0.6 is 23.4 Å². The fourth-order valence-electron chi connectivity index (χ4n) is 5.07. The van der Waals surface area contributed by atoms with Gasteiger partial charge in [-0.25, -0.2) is 9.37 Å². The van der Waals surface area contributed by atoms with Gasteiger partial charge in [-0.1, -0.05) is 11.6 Å². The SMILES string of the molecule is COc1ccc2ncc(Cl)c(CCC[C@@H]3CCN(CCSc4ncccc4F)C[C@H]3CC(=O)O)c2c1. The molecule has 1 N–H and O–H groups in total. The lowest BCUT2D eigenvalue weighted by Crippen LogP contribution is -2.42. The predicted molar refractivity (Wildman–Crippen MR) is 141 cm³/mol. The number of hydrogen-bond acceptors (Lipinski definition) is 6. The Hall–Kier alpha value is -2.42. The Kier molecular flexibility index (Phi) is 9.40. The molecule has 1 aliphatic heterocycles. The number of fused-ring (bicyclic) bond motifs is 1. The first kappa shape index (κ1) is 26.6. The number of thioether (sulfide) groups is 1. The highest BCUT2D eigenvalue weighted by atomic mass is 35.5. The minimum absolute atomic E-state index is 0.0950. The highest BCUT2D eigenvalue weighted by Gasteiger charge is 2.30. The van der Waals surface area contributed by atoms with E-state index in [9.17, 15) is 14.3 Å². The molecule has 192 valence electrons. The Labute approximate surface area is 220 Å². The second-order valence-corrected chi connectivity index (χ2v) is 10.7. The van der Waals surface area contributed by atoms with Gasteiger partial charge in [-0.2, -0.15) is 0 Å². The summed E-state index contributed by atoms with van der Waals surface area (Å²) in [5.41, 5.74) is 1.95. The number of aliphatic carboxylic acids is 1. The topological polar surface area (TPSA) is 75.5 Å². The van der Waals surface area contributed by atoms with E-state index >= 15 is 0 Å². The Morgan fingerprint density at radius 1 is 1.31 bits per heavy atom. The zero-order valence-electron chi connectivity index (χ0n) is 20.3. The predicted octanol–water partition coefficient (Wildman–Crippen LogP) is 5.96. The molecule has 9 heteroatoms. The van der Waals surface area contributed by atoms with Gasteiger partial charge in [0.05, 0.1) is 17.6 Å². The largest absolute Gasteiger partial charge is 0.497 e. The van der Waals surface area contributed by atoms with E-state index in [1.807, 2.05) is 18.2 Å². The molecule has 0 radical (unpaired) electrons. The van der Waals surface area contributed by atoms with Gasteiger partial charge >= 0.3 is 5.97 Å². The third kappa shape index (κ3) is 6.87. The molecule has 6 nitrogen and oxygen atoms in total. The average molecular weight is 532 g/mol. The number of carboxylic acid groups (broad SMARTS) is 1. The normalized spacial score (nSPS) is 18.4. The van der Waals surface area contributed by atoms with E-state index in [0.29, 0.717) is 16.0 Å². The summed E-state index contributed by atoms with van der Waals surface area (Å²) in [5, 5.41) is 11.6. The molecular weight excluding hydrogens is 501 g/mol. The number of aromatic nitrogens is 2. The van der Waals surface area contributed by atoms with E-state index < -0.39 is 5.97 Å².